The Morgan fingerprint density at radius 1 is 1.23 bits per heavy atom. The van der Waals surface area contributed by atoms with Crippen molar-refractivity contribution in [3.05, 3.63) is 57.6 Å². The molecule has 0 spiro atoms. The van der Waals surface area contributed by atoms with Crippen molar-refractivity contribution in [1.29, 1.82) is 0 Å². The monoisotopic (exact) mass is 467 g/mol. The van der Waals surface area contributed by atoms with E-state index in [-0.39, 0.29) is 40.5 Å². The summed E-state index contributed by atoms with van der Waals surface area (Å²) in [4.78, 5) is 22.6. The van der Waals surface area contributed by atoms with E-state index in [9.17, 15) is 23.3 Å². The van der Waals surface area contributed by atoms with Crippen LogP contribution in [0.2, 0.25) is 5.02 Å². The molecule has 1 heterocycles. The molecule has 0 aromatic heterocycles. The molecule has 0 radical (unpaired) electrons. The Bertz CT molecular complexity index is 1070. The summed E-state index contributed by atoms with van der Waals surface area (Å²) in [7, 11) is -4.02. The molecule has 3 rings (SSSR count). The highest BCUT2D eigenvalue weighted by Gasteiger charge is 2.34. The smallest absolute Gasteiger partial charge is 0.270 e. The average molecular weight is 468 g/mol. The second-order valence-electron chi connectivity index (χ2n) is 7.00. The van der Waals surface area contributed by atoms with Crippen LogP contribution in [0.5, 0.6) is 5.75 Å². The molecule has 31 heavy (non-hydrogen) atoms. The maximum Gasteiger partial charge on any atom is 0.270 e. The number of carbonyl (C=O) groups excluding carboxylic acids is 1. The number of benzene rings is 2. The second-order valence-corrected chi connectivity index (χ2v) is 9.31. The normalized spacial score (nSPS) is 15.4. The van der Waals surface area contributed by atoms with Crippen LogP contribution in [0.3, 0.4) is 0 Å². The minimum absolute atomic E-state index is 0.0824. The Hall–Kier alpha value is -2.69. The number of nitrogens with one attached hydrogen (secondary N) is 1. The predicted octanol–water partition coefficient (Wildman–Crippen LogP) is 3.69. The van der Waals surface area contributed by atoms with Crippen LogP contribution in [0, 0.1) is 16.0 Å². The van der Waals surface area contributed by atoms with Gasteiger partial charge in [-0.05, 0) is 50.1 Å². The van der Waals surface area contributed by atoms with Crippen molar-refractivity contribution in [2.45, 2.75) is 24.7 Å². The lowest BCUT2D eigenvalue weighted by Gasteiger charge is -2.30. The fourth-order valence-corrected chi connectivity index (χ4v) is 5.31. The standard InChI is InChI=1S/C20H22ClN3O6S/c1-2-30-17-6-3-15(4-7-17)22-20(25)14-9-11-23(12-10-14)31(28,29)19-13-16(24(26)27)5-8-18(19)21/h3-8,13-14H,2,9-12H2,1H3,(H,22,25). The minimum atomic E-state index is -4.02. The van der Waals surface area contributed by atoms with E-state index in [0.717, 1.165) is 12.1 Å². The van der Waals surface area contributed by atoms with Gasteiger partial charge in [-0.2, -0.15) is 4.31 Å². The van der Waals surface area contributed by atoms with Crippen LogP contribution in [-0.4, -0.2) is 43.2 Å². The average Bonchev–Trinajstić information content (AvgIpc) is 2.75. The molecule has 0 aliphatic carbocycles. The van der Waals surface area contributed by atoms with Gasteiger partial charge < -0.3 is 10.1 Å². The van der Waals surface area contributed by atoms with Gasteiger partial charge in [0, 0.05) is 36.8 Å². The van der Waals surface area contributed by atoms with Crippen molar-refractivity contribution in [1.82, 2.24) is 4.31 Å². The number of hydrogen-bond acceptors (Lipinski definition) is 6. The SMILES string of the molecule is CCOc1ccc(NC(=O)C2CCN(S(=O)(=O)c3cc([N+](=O)[O-])ccc3Cl)CC2)cc1. The van der Waals surface area contributed by atoms with Gasteiger partial charge in [-0.25, -0.2) is 8.42 Å². The van der Waals surface area contributed by atoms with E-state index in [1.807, 2.05) is 6.92 Å². The molecule has 1 N–H and O–H groups in total. The molecule has 1 fully saturated rings. The Kier molecular flexibility index (Phi) is 7.14. The van der Waals surface area contributed by atoms with Gasteiger partial charge in [-0.1, -0.05) is 11.6 Å². The highest BCUT2D eigenvalue weighted by atomic mass is 35.5. The summed E-state index contributed by atoms with van der Waals surface area (Å²) in [6.07, 6.45) is 0.656. The van der Waals surface area contributed by atoms with E-state index >= 15 is 0 Å². The number of sulfonamides is 1. The van der Waals surface area contributed by atoms with Gasteiger partial charge in [0.25, 0.3) is 5.69 Å². The number of anilines is 1. The Balaban J connectivity index is 1.64. The first-order valence-corrected chi connectivity index (χ1v) is 11.5. The van der Waals surface area contributed by atoms with Crippen LogP contribution in [0.25, 0.3) is 0 Å². The molecular formula is C20H22ClN3O6S. The number of hydrogen-bond donors (Lipinski definition) is 1. The number of halogens is 1. The summed E-state index contributed by atoms with van der Waals surface area (Å²) in [5.41, 5.74) is 0.277. The quantitative estimate of drug-likeness (QED) is 0.490. The van der Waals surface area contributed by atoms with Gasteiger partial charge in [0.2, 0.25) is 15.9 Å². The zero-order chi connectivity index (χ0) is 22.6. The minimum Gasteiger partial charge on any atom is -0.494 e. The Labute approximate surface area is 185 Å². The van der Waals surface area contributed by atoms with Gasteiger partial charge in [-0.15, -0.1) is 0 Å². The molecule has 166 valence electrons. The predicted molar refractivity (Wildman–Crippen MR) is 116 cm³/mol. The highest BCUT2D eigenvalue weighted by molar-refractivity contribution is 7.89. The van der Waals surface area contributed by atoms with Gasteiger partial charge in [0.05, 0.1) is 16.6 Å². The first-order valence-electron chi connectivity index (χ1n) is 9.70. The van der Waals surface area contributed by atoms with E-state index < -0.39 is 14.9 Å². The molecule has 0 unspecified atom stereocenters. The number of ether oxygens (including phenoxy) is 1. The first-order chi connectivity index (χ1) is 14.7. The van der Waals surface area contributed by atoms with Crippen LogP contribution in [0.1, 0.15) is 19.8 Å². The van der Waals surface area contributed by atoms with Crippen molar-refractivity contribution in [2.75, 3.05) is 25.0 Å². The summed E-state index contributed by atoms with van der Waals surface area (Å²) >= 11 is 6.00. The molecule has 9 nitrogen and oxygen atoms in total. The van der Waals surface area contributed by atoms with Crippen molar-refractivity contribution in [2.24, 2.45) is 5.92 Å². The molecule has 1 aliphatic rings. The zero-order valence-electron chi connectivity index (χ0n) is 16.8. The van der Waals surface area contributed by atoms with Crippen LogP contribution < -0.4 is 10.1 Å². The van der Waals surface area contributed by atoms with E-state index in [1.165, 1.54) is 10.4 Å². The van der Waals surface area contributed by atoms with E-state index in [1.54, 1.807) is 24.3 Å². The first kappa shape index (κ1) is 23.0. The second kappa shape index (κ2) is 9.63. The highest BCUT2D eigenvalue weighted by Crippen LogP contribution is 2.31. The molecule has 1 saturated heterocycles. The molecule has 2 aromatic carbocycles. The topological polar surface area (TPSA) is 119 Å². The molecule has 2 aromatic rings. The molecule has 1 amide bonds. The summed E-state index contributed by atoms with van der Waals surface area (Å²) in [6.45, 7) is 2.66. The lowest BCUT2D eigenvalue weighted by atomic mass is 9.97. The van der Waals surface area contributed by atoms with Crippen LogP contribution in [0.15, 0.2) is 47.4 Å². The maximum atomic E-state index is 12.9. The van der Waals surface area contributed by atoms with E-state index in [2.05, 4.69) is 5.32 Å². The number of carbonyl (C=O) groups is 1. The fourth-order valence-electron chi connectivity index (χ4n) is 3.35. The number of piperidine rings is 1. The zero-order valence-corrected chi connectivity index (χ0v) is 18.4. The largest absolute Gasteiger partial charge is 0.494 e. The summed E-state index contributed by atoms with van der Waals surface area (Å²) in [5.74, 6) is 0.173. The van der Waals surface area contributed by atoms with Crippen molar-refractivity contribution in [3.63, 3.8) is 0 Å². The molecule has 0 saturated carbocycles. The van der Waals surface area contributed by atoms with E-state index in [4.69, 9.17) is 16.3 Å². The Morgan fingerprint density at radius 3 is 2.45 bits per heavy atom. The van der Waals surface area contributed by atoms with E-state index in [0.29, 0.717) is 30.9 Å². The van der Waals surface area contributed by atoms with Crippen molar-refractivity contribution >= 4 is 38.9 Å². The van der Waals surface area contributed by atoms with Gasteiger partial charge >= 0.3 is 0 Å². The third-order valence-electron chi connectivity index (χ3n) is 5.00. The summed E-state index contributed by atoms with van der Waals surface area (Å²) in [5, 5.41) is 13.7. The number of non-ortho nitro benzene ring substituents is 1. The molecule has 0 atom stereocenters. The summed E-state index contributed by atoms with van der Waals surface area (Å²) in [6, 6.07) is 10.3. The van der Waals surface area contributed by atoms with Crippen molar-refractivity contribution < 1.29 is 22.9 Å². The third kappa shape index (κ3) is 5.33. The third-order valence-corrected chi connectivity index (χ3v) is 7.38. The number of amides is 1. The van der Waals surface area contributed by atoms with Gasteiger partial charge in [0.15, 0.2) is 0 Å². The van der Waals surface area contributed by atoms with Crippen LogP contribution in [-0.2, 0) is 14.8 Å². The Morgan fingerprint density at radius 2 is 1.87 bits per heavy atom. The number of rotatable bonds is 7. The lowest BCUT2D eigenvalue weighted by Crippen LogP contribution is -2.41. The number of nitro groups is 1. The van der Waals surface area contributed by atoms with Crippen LogP contribution >= 0.6 is 11.6 Å². The number of nitro benzene ring substituents is 1. The molecule has 11 heteroatoms. The van der Waals surface area contributed by atoms with Gasteiger partial charge in [-0.3, -0.25) is 14.9 Å². The molecular weight excluding hydrogens is 446 g/mol. The number of nitrogens with zero attached hydrogens (tertiary/aromatic N) is 2. The maximum absolute atomic E-state index is 12.9. The summed E-state index contributed by atoms with van der Waals surface area (Å²) < 4.78 is 32.5. The lowest BCUT2D eigenvalue weighted by molar-refractivity contribution is -0.385. The van der Waals surface area contributed by atoms with Gasteiger partial charge in [0.1, 0.15) is 10.6 Å². The van der Waals surface area contributed by atoms with Crippen LogP contribution in [0.4, 0.5) is 11.4 Å². The fraction of sp³-hybridized carbons (Fsp3) is 0.350. The molecule has 1 aliphatic heterocycles. The van der Waals surface area contributed by atoms with Crippen molar-refractivity contribution in [3.8, 4) is 5.75 Å². The molecule has 0 bridgehead atoms.